The molecule has 0 atom stereocenters. The van der Waals surface area contributed by atoms with Crippen LogP contribution in [0.3, 0.4) is 0 Å². The fourth-order valence-corrected chi connectivity index (χ4v) is 5.23. The van der Waals surface area contributed by atoms with Gasteiger partial charge in [-0.3, -0.25) is 4.57 Å². The summed E-state index contributed by atoms with van der Waals surface area (Å²) in [6.07, 6.45) is 4.16. The summed E-state index contributed by atoms with van der Waals surface area (Å²) in [6, 6.07) is 5.13. The topological polar surface area (TPSA) is 39.9 Å². The van der Waals surface area contributed by atoms with E-state index in [0.717, 1.165) is 46.2 Å². The Morgan fingerprint density at radius 2 is 2.08 bits per heavy atom. The van der Waals surface area contributed by atoms with Gasteiger partial charge in [0.05, 0.1) is 6.61 Å². The molecule has 3 heterocycles. The number of aryl methyl sites for hydroxylation is 3. The second kappa shape index (κ2) is 5.86. The molecule has 0 unspecified atom stereocenters. The van der Waals surface area contributed by atoms with Crippen molar-refractivity contribution in [2.75, 3.05) is 0 Å². The lowest BCUT2D eigenvalue weighted by Gasteiger charge is -2.19. The Morgan fingerprint density at radius 1 is 1.19 bits per heavy atom. The van der Waals surface area contributed by atoms with Crippen LogP contribution in [0.25, 0.3) is 10.6 Å². The van der Waals surface area contributed by atoms with Gasteiger partial charge in [0.2, 0.25) is 0 Å². The Kier molecular flexibility index (Phi) is 3.58. The number of hydrogen-bond acceptors (Lipinski definition) is 4. The van der Waals surface area contributed by atoms with Gasteiger partial charge in [-0.05, 0) is 55.5 Å². The Balaban J connectivity index is 1.74. The molecular formula is C20H18FN3OS. The molecule has 0 amide bonds. The van der Waals surface area contributed by atoms with Crippen molar-refractivity contribution in [3.63, 3.8) is 0 Å². The van der Waals surface area contributed by atoms with Gasteiger partial charge < -0.3 is 4.74 Å². The number of allylic oxidation sites excluding steroid dienone is 1. The van der Waals surface area contributed by atoms with Crippen molar-refractivity contribution in [2.24, 2.45) is 0 Å². The fourth-order valence-electron chi connectivity index (χ4n) is 3.99. The Morgan fingerprint density at radius 3 is 2.96 bits per heavy atom. The Hall–Kier alpha value is -2.31. The summed E-state index contributed by atoms with van der Waals surface area (Å²) in [5.41, 5.74) is 5.66. The Bertz CT molecular complexity index is 1060. The average Bonchev–Trinajstić information content (AvgIpc) is 3.08. The van der Waals surface area contributed by atoms with Crippen molar-refractivity contribution in [3.05, 3.63) is 68.9 Å². The van der Waals surface area contributed by atoms with Gasteiger partial charge in [-0.25, -0.2) is 4.39 Å². The molecule has 0 saturated heterocycles. The van der Waals surface area contributed by atoms with E-state index in [9.17, 15) is 4.39 Å². The van der Waals surface area contributed by atoms with E-state index >= 15 is 0 Å². The van der Waals surface area contributed by atoms with E-state index in [1.807, 2.05) is 13.0 Å². The largest absolute Gasteiger partial charge is 0.369 e. The number of fused-ring (bicyclic) bond motifs is 4. The lowest BCUT2D eigenvalue weighted by atomic mass is 9.85. The number of aromatic nitrogens is 3. The third kappa shape index (κ3) is 2.29. The number of halogens is 1. The first-order valence-corrected chi connectivity index (χ1v) is 9.55. The number of rotatable bonds is 1. The van der Waals surface area contributed by atoms with Crippen molar-refractivity contribution in [1.29, 1.82) is 0 Å². The average molecular weight is 367 g/mol. The van der Waals surface area contributed by atoms with E-state index in [1.54, 1.807) is 23.5 Å². The smallest absolute Gasteiger partial charge is 0.164 e. The van der Waals surface area contributed by atoms with Crippen molar-refractivity contribution in [1.82, 2.24) is 14.8 Å². The molecule has 0 fully saturated rings. The highest BCUT2D eigenvalue weighted by atomic mass is 32.1. The highest BCUT2D eigenvalue weighted by molar-refractivity contribution is 7.15. The third-order valence-corrected chi connectivity index (χ3v) is 6.26. The maximum atomic E-state index is 14.0. The van der Waals surface area contributed by atoms with Gasteiger partial charge in [-0.15, -0.1) is 21.5 Å². The molecule has 0 N–H and O–H groups in total. The van der Waals surface area contributed by atoms with Crippen LogP contribution in [-0.4, -0.2) is 14.8 Å². The van der Waals surface area contributed by atoms with E-state index in [4.69, 9.17) is 4.74 Å². The molecule has 1 aliphatic heterocycles. The molecule has 26 heavy (non-hydrogen) atoms. The number of ether oxygens (including phenoxy) is 1. The molecule has 4 nitrogen and oxygen atoms in total. The summed E-state index contributed by atoms with van der Waals surface area (Å²) < 4.78 is 21.9. The molecule has 0 spiro atoms. The molecule has 5 rings (SSSR count). The zero-order chi connectivity index (χ0) is 17.8. The standard InChI is InChI=1S/C20H18FN3OS/c1-11-19(15-5-3-4-13-6-7-14(21)8-16(13)15)17-9-25-10-18-23-22-12(2)24(18)20(17)26-11/h5-8H,3-4,9-10H2,1-2H3. The summed E-state index contributed by atoms with van der Waals surface area (Å²) in [5, 5.41) is 9.58. The van der Waals surface area contributed by atoms with Gasteiger partial charge >= 0.3 is 0 Å². The number of benzene rings is 1. The van der Waals surface area contributed by atoms with Crippen molar-refractivity contribution in [2.45, 2.75) is 39.9 Å². The van der Waals surface area contributed by atoms with Crippen LogP contribution in [0.1, 0.15) is 45.2 Å². The summed E-state index contributed by atoms with van der Waals surface area (Å²) in [4.78, 5) is 1.21. The van der Waals surface area contributed by atoms with Crippen molar-refractivity contribution in [3.8, 4) is 5.00 Å². The first-order valence-electron chi connectivity index (χ1n) is 8.74. The number of nitrogens with zero attached hydrogens (tertiary/aromatic N) is 3. The lowest BCUT2D eigenvalue weighted by molar-refractivity contribution is 0.105. The molecule has 2 aromatic heterocycles. The monoisotopic (exact) mass is 367 g/mol. The van der Waals surface area contributed by atoms with Crippen LogP contribution in [0.15, 0.2) is 24.3 Å². The van der Waals surface area contributed by atoms with Gasteiger partial charge in [0.15, 0.2) is 5.82 Å². The quantitative estimate of drug-likeness (QED) is 0.636. The molecule has 3 aromatic rings. The number of hydrogen-bond donors (Lipinski definition) is 0. The lowest BCUT2D eigenvalue weighted by Crippen LogP contribution is -2.05. The van der Waals surface area contributed by atoms with E-state index in [2.05, 4.69) is 27.8 Å². The third-order valence-electron chi connectivity index (χ3n) is 5.13. The fraction of sp³-hybridized carbons (Fsp3) is 0.300. The van der Waals surface area contributed by atoms with Gasteiger partial charge in [-0.2, -0.15) is 0 Å². The molecule has 0 bridgehead atoms. The molecule has 0 saturated carbocycles. The molecular weight excluding hydrogens is 349 g/mol. The van der Waals surface area contributed by atoms with Crippen molar-refractivity contribution < 1.29 is 9.13 Å². The minimum absolute atomic E-state index is 0.191. The van der Waals surface area contributed by atoms with Crippen LogP contribution in [0.4, 0.5) is 4.39 Å². The van der Waals surface area contributed by atoms with Gasteiger partial charge in [0, 0.05) is 16.0 Å². The molecule has 6 heteroatoms. The van der Waals surface area contributed by atoms with Gasteiger partial charge in [0.1, 0.15) is 23.2 Å². The molecule has 2 aliphatic rings. The highest BCUT2D eigenvalue weighted by Gasteiger charge is 2.28. The maximum absolute atomic E-state index is 14.0. The molecule has 1 aromatic carbocycles. The van der Waals surface area contributed by atoms with Crippen LogP contribution in [0.5, 0.6) is 0 Å². The van der Waals surface area contributed by atoms with Crippen molar-refractivity contribution >= 4 is 16.9 Å². The molecule has 0 radical (unpaired) electrons. The highest BCUT2D eigenvalue weighted by Crippen LogP contribution is 2.43. The molecule has 132 valence electrons. The minimum Gasteiger partial charge on any atom is -0.369 e. The van der Waals surface area contributed by atoms with Crippen LogP contribution in [0, 0.1) is 19.7 Å². The summed E-state index contributed by atoms with van der Waals surface area (Å²) in [6.45, 7) is 5.07. The van der Waals surface area contributed by atoms with E-state index < -0.39 is 0 Å². The normalized spacial score (nSPS) is 15.7. The Labute approximate surface area is 155 Å². The summed E-state index contributed by atoms with van der Waals surface area (Å²) in [7, 11) is 0. The zero-order valence-electron chi connectivity index (χ0n) is 14.7. The SMILES string of the molecule is Cc1sc2c(c1C1=CCCc3ccc(F)cc31)COCc1nnc(C)n1-2. The maximum Gasteiger partial charge on any atom is 0.164 e. The second-order valence-electron chi connectivity index (χ2n) is 6.77. The zero-order valence-corrected chi connectivity index (χ0v) is 15.5. The van der Waals surface area contributed by atoms with Crippen LogP contribution in [-0.2, 0) is 24.4 Å². The van der Waals surface area contributed by atoms with E-state index in [1.165, 1.54) is 16.0 Å². The van der Waals surface area contributed by atoms with Gasteiger partial charge in [-0.1, -0.05) is 12.1 Å². The number of thiophene rings is 1. The molecule has 1 aliphatic carbocycles. The van der Waals surface area contributed by atoms with E-state index in [0.29, 0.717) is 13.2 Å². The minimum atomic E-state index is -0.191. The second-order valence-corrected chi connectivity index (χ2v) is 7.97. The van der Waals surface area contributed by atoms with Crippen LogP contribution in [0.2, 0.25) is 0 Å². The van der Waals surface area contributed by atoms with Crippen LogP contribution >= 0.6 is 11.3 Å². The predicted octanol–water partition coefficient (Wildman–Crippen LogP) is 4.49. The first kappa shape index (κ1) is 15.9. The van der Waals surface area contributed by atoms with Gasteiger partial charge in [0.25, 0.3) is 0 Å². The van der Waals surface area contributed by atoms with E-state index in [-0.39, 0.29) is 5.82 Å². The summed E-state index contributed by atoms with van der Waals surface area (Å²) >= 11 is 1.73. The first-order chi connectivity index (χ1) is 12.6. The summed E-state index contributed by atoms with van der Waals surface area (Å²) in [5.74, 6) is 1.51. The van der Waals surface area contributed by atoms with Crippen LogP contribution < -0.4 is 0 Å². The predicted molar refractivity (Wildman–Crippen MR) is 99.0 cm³/mol.